The van der Waals surface area contributed by atoms with Gasteiger partial charge in [-0.3, -0.25) is 0 Å². The Bertz CT molecular complexity index is 1470. The molecule has 208 valence electrons. The number of ether oxygens (including phenoxy) is 1. The SMILES string of the molecule is CC[N+]1=C(/C=C/C2=CC(/C=C/C3=[N+](CC)c4ccccc4C3(C)C)C=CC2OC(C)C)C(C)(C)c2ccccc21. The molecule has 3 nitrogen and oxygen atoms in total. The van der Waals surface area contributed by atoms with Crippen LogP contribution in [0.3, 0.4) is 0 Å². The average molecular weight is 535 g/mol. The van der Waals surface area contributed by atoms with E-state index in [1.54, 1.807) is 0 Å². The highest BCUT2D eigenvalue weighted by atomic mass is 16.5. The van der Waals surface area contributed by atoms with Crippen molar-refractivity contribution < 1.29 is 13.9 Å². The Morgan fingerprint density at radius 1 is 0.750 bits per heavy atom. The van der Waals surface area contributed by atoms with Crippen LogP contribution >= 0.6 is 0 Å². The van der Waals surface area contributed by atoms with E-state index in [1.165, 1.54) is 39.5 Å². The summed E-state index contributed by atoms with van der Waals surface area (Å²) in [7, 11) is 0. The molecule has 2 aromatic carbocycles. The van der Waals surface area contributed by atoms with Crippen molar-refractivity contribution in [3.05, 3.63) is 108 Å². The molecule has 2 aromatic rings. The first-order valence-corrected chi connectivity index (χ1v) is 15.0. The average Bonchev–Trinajstić information content (AvgIpc) is 3.29. The number of hydrogen-bond donors (Lipinski definition) is 0. The van der Waals surface area contributed by atoms with Gasteiger partial charge in [0.1, 0.15) is 19.2 Å². The van der Waals surface area contributed by atoms with E-state index in [0.29, 0.717) is 0 Å². The number of rotatable bonds is 8. The number of nitrogens with zero attached hydrogens (tertiary/aromatic N) is 2. The first kappa shape index (κ1) is 28.2. The lowest BCUT2D eigenvalue weighted by molar-refractivity contribution is -0.433. The molecule has 3 heteroatoms. The van der Waals surface area contributed by atoms with Crippen molar-refractivity contribution in [3.8, 4) is 0 Å². The minimum Gasteiger partial charge on any atom is -0.367 e. The smallest absolute Gasteiger partial charge is 0.209 e. The van der Waals surface area contributed by atoms with E-state index in [2.05, 4.69) is 156 Å². The number of para-hydroxylation sites is 2. The molecule has 2 aliphatic heterocycles. The standard InChI is InChI=1S/C37H46N2O/c1-9-38-31-17-13-11-15-29(31)36(5,6)34(38)23-20-27-19-22-33(40-26(3)4)28(25-27)21-24-35-37(7,8)30-16-12-14-18-32(30)39(35)10-2/h11-27,33H,9-10H2,1-8H3/q+2/b23-20+,24-21+. The maximum Gasteiger partial charge on any atom is 0.209 e. The van der Waals surface area contributed by atoms with Crippen LogP contribution in [-0.4, -0.2) is 45.9 Å². The summed E-state index contributed by atoms with van der Waals surface area (Å²) in [6.07, 6.45) is 16.3. The zero-order valence-electron chi connectivity index (χ0n) is 25.6. The summed E-state index contributed by atoms with van der Waals surface area (Å²) < 4.78 is 11.3. The number of allylic oxidation sites excluding steroid dienone is 5. The molecule has 5 rings (SSSR count). The Labute approximate surface area is 241 Å². The molecule has 0 bridgehead atoms. The zero-order valence-corrected chi connectivity index (χ0v) is 25.6. The van der Waals surface area contributed by atoms with E-state index < -0.39 is 0 Å². The largest absolute Gasteiger partial charge is 0.367 e. The van der Waals surface area contributed by atoms with E-state index >= 15 is 0 Å². The maximum absolute atomic E-state index is 6.36. The highest BCUT2D eigenvalue weighted by Gasteiger charge is 2.44. The second kappa shape index (κ2) is 10.9. The molecule has 40 heavy (non-hydrogen) atoms. The monoisotopic (exact) mass is 534 g/mol. The summed E-state index contributed by atoms with van der Waals surface area (Å²) in [5.41, 5.74) is 9.27. The highest BCUT2D eigenvalue weighted by Crippen LogP contribution is 2.41. The molecule has 2 unspecified atom stereocenters. The summed E-state index contributed by atoms with van der Waals surface area (Å²) in [5, 5.41) is 0. The van der Waals surface area contributed by atoms with Gasteiger partial charge in [-0.25, -0.2) is 0 Å². The summed E-state index contributed by atoms with van der Waals surface area (Å²) in [4.78, 5) is 0. The second-order valence-electron chi connectivity index (χ2n) is 12.5. The van der Waals surface area contributed by atoms with Gasteiger partial charge >= 0.3 is 0 Å². The lowest BCUT2D eigenvalue weighted by atomic mass is 9.80. The van der Waals surface area contributed by atoms with Crippen molar-refractivity contribution in [3.63, 3.8) is 0 Å². The molecule has 0 aromatic heterocycles. The molecule has 3 aliphatic rings. The Morgan fingerprint density at radius 3 is 1.80 bits per heavy atom. The minimum atomic E-state index is -0.0504. The molecule has 0 saturated carbocycles. The predicted octanol–water partition coefficient (Wildman–Crippen LogP) is 8.20. The Kier molecular flexibility index (Phi) is 7.72. The summed E-state index contributed by atoms with van der Waals surface area (Å²) in [6.45, 7) is 20.0. The zero-order chi connectivity index (χ0) is 28.7. The van der Waals surface area contributed by atoms with E-state index in [0.717, 1.165) is 13.1 Å². The summed E-state index contributed by atoms with van der Waals surface area (Å²) in [5.74, 6) is 0.207. The van der Waals surface area contributed by atoms with Gasteiger partial charge in [0, 0.05) is 41.3 Å². The molecule has 0 fully saturated rings. The fraction of sp³-hybridized carbons (Fsp3) is 0.405. The molecule has 0 N–H and O–H groups in total. The maximum atomic E-state index is 6.36. The third kappa shape index (κ3) is 4.90. The van der Waals surface area contributed by atoms with Gasteiger partial charge in [0.15, 0.2) is 11.4 Å². The highest BCUT2D eigenvalue weighted by molar-refractivity contribution is 6.04. The lowest BCUT2D eigenvalue weighted by Gasteiger charge is -2.24. The molecule has 0 saturated heterocycles. The van der Waals surface area contributed by atoms with Gasteiger partial charge in [-0.05, 0) is 61.0 Å². The van der Waals surface area contributed by atoms with Crippen LogP contribution in [0.1, 0.15) is 66.5 Å². The van der Waals surface area contributed by atoms with Gasteiger partial charge in [0.2, 0.25) is 11.4 Å². The van der Waals surface area contributed by atoms with Gasteiger partial charge < -0.3 is 4.74 Å². The van der Waals surface area contributed by atoms with E-state index in [9.17, 15) is 0 Å². The fourth-order valence-corrected chi connectivity index (χ4v) is 6.74. The summed E-state index contributed by atoms with van der Waals surface area (Å²) >= 11 is 0. The van der Waals surface area contributed by atoms with Crippen LogP contribution in [0.25, 0.3) is 0 Å². The lowest BCUT2D eigenvalue weighted by Crippen LogP contribution is -2.28. The molecule has 2 heterocycles. The second-order valence-corrected chi connectivity index (χ2v) is 12.5. The van der Waals surface area contributed by atoms with Gasteiger partial charge in [0.05, 0.1) is 16.9 Å². The normalized spacial score (nSPS) is 23.1. The summed E-state index contributed by atoms with van der Waals surface area (Å²) in [6, 6.07) is 17.6. The first-order valence-electron chi connectivity index (χ1n) is 15.0. The van der Waals surface area contributed by atoms with Gasteiger partial charge in [0.25, 0.3) is 0 Å². The first-order chi connectivity index (χ1) is 19.1. The van der Waals surface area contributed by atoms with Crippen LogP contribution in [0.2, 0.25) is 0 Å². The van der Waals surface area contributed by atoms with Crippen molar-refractivity contribution in [2.75, 3.05) is 13.1 Å². The topological polar surface area (TPSA) is 15.2 Å². The van der Waals surface area contributed by atoms with Gasteiger partial charge in [-0.1, -0.05) is 66.8 Å². The van der Waals surface area contributed by atoms with E-state index in [1.807, 2.05) is 0 Å². The van der Waals surface area contributed by atoms with Crippen molar-refractivity contribution in [2.24, 2.45) is 5.92 Å². The van der Waals surface area contributed by atoms with Crippen molar-refractivity contribution >= 4 is 22.8 Å². The minimum absolute atomic E-state index is 0.0272. The quantitative estimate of drug-likeness (QED) is 0.246. The van der Waals surface area contributed by atoms with Gasteiger partial charge in [-0.2, -0.15) is 9.15 Å². The third-order valence-electron chi connectivity index (χ3n) is 8.78. The van der Waals surface area contributed by atoms with Gasteiger partial charge in [-0.15, -0.1) is 0 Å². The molecule has 1 aliphatic carbocycles. The van der Waals surface area contributed by atoms with Crippen LogP contribution in [-0.2, 0) is 15.6 Å². The molecular formula is C37H46N2O+2. The fourth-order valence-electron chi connectivity index (χ4n) is 6.74. The Morgan fingerprint density at radius 2 is 1.27 bits per heavy atom. The van der Waals surface area contributed by atoms with Crippen LogP contribution < -0.4 is 0 Å². The van der Waals surface area contributed by atoms with Crippen molar-refractivity contribution in [2.45, 2.75) is 78.4 Å². The van der Waals surface area contributed by atoms with Crippen LogP contribution in [0, 0.1) is 5.92 Å². The molecular weight excluding hydrogens is 488 g/mol. The van der Waals surface area contributed by atoms with Crippen molar-refractivity contribution in [1.82, 2.24) is 0 Å². The van der Waals surface area contributed by atoms with Crippen molar-refractivity contribution in [1.29, 1.82) is 0 Å². The third-order valence-corrected chi connectivity index (χ3v) is 8.78. The van der Waals surface area contributed by atoms with Crippen LogP contribution in [0.5, 0.6) is 0 Å². The molecule has 0 radical (unpaired) electrons. The van der Waals surface area contributed by atoms with Crippen LogP contribution in [0.4, 0.5) is 11.4 Å². The molecule has 0 amide bonds. The Hall–Kier alpha value is -3.30. The van der Waals surface area contributed by atoms with E-state index in [-0.39, 0.29) is 29.0 Å². The predicted molar refractivity (Wildman–Crippen MR) is 169 cm³/mol. The Balaban J connectivity index is 1.48. The van der Waals surface area contributed by atoms with E-state index in [4.69, 9.17) is 4.74 Å². The number of hydrogen-bond acceptors (Lipinski definition) is 1. The number of benzene rings is 2. The van der Waals surface area contributed by atoms with Crippen LogP contribution in [0.15, 0.2) is 96.6 Å². The molecule has 0 spiro atoms. The number of fused-ring (bicyclic) bond motifs is 2. The molecule has 2 atom stereocenters.